The number of piperidine rings is 3. The zero-order chi connectivity index (χ0) is 17.7. The lowest BCUT2D eigenvalue weighted by Gasteiger charge is -2.50. The highest BCUT2D eigenvalue weighted by molar-refractivity contribution is 5.61. The molecule has 0 aliphatic carbocycles. The molecule has 2 bridgehead atoms. The molecule has 3 saturated heterocycles. The van der Waals surface area contributed by atoms with E-state index in [-0.39, 0.29) is 0 Å². The zero-order valence-electron chi connectivity index (χ0n) is 15.0. The Morgan fingerprint density at radius 1 is 1.36 bits per heavy atom. The summed E-state index contributed by atoms with van der Waals surface area (Å²) in [5.41, 5.74) is 1.50. The second kappa shape index (κ2) is 8.02. The van der Waals surface area contributed by atoms with Gasteiger partial charge < -0.3 is 19.6 Å². The second-order valence-electron chi connectivity index (χ2n) is 7.05. The van der Waals surface area contributed by atoms with Crippen LogP contribution < -0.4 is 4.74 Å². The maximum Gasteiger partial charge on any atom is 0.122 e. The number of aliphatic hydroxyl groups is 1. The Bertz CT molecular complexity index is 623. The Morgan fingerprint density at radius 2 is 2.16 bits per heavy atom. The van der Waals surface area contributed by atoms with E-state index in [2.05, 4.69) is 22.7 Å². The van der Waals surface area contributed by atoms with Gasteiger partial charge in [0.1, 0.15) is 25.1 Å². The van der Waals surface area contributed by atoms with Crippen LogP contribution >= 0.6 is 0 Å². The van der Waals surface area contributed by atoms with Crippen molar-refractivity contribution in [3.8, 4) is 5.75 Å². The van der Waals surface area contributed by atoms with E-state index in [4.69, 9.17) is 9.57 Å². The Morgan fingerprint density at radius 3 is 2.80 bits per heavy atom. The molecule has 25 heavy (non-hydrogen) atoms. The third kappa shape index (κ3) is 4.22. The Balaban J connectivity index is 1.68. The van der Waals surface area contributed by atoms with Gasteiger partial charge in [-0.25, -0.2) is 0 Å². The molecule has 3 heterocycles. The van der Waals surface area contributed by atoms with Gasteiger partial charge in [-0.15, -0.1) is 6.58 Å². The summed E-state index contributed by atoms with van der Waals surface area (Å²) in [6.45, 7) is 7.12. The maximum atomic E-state index is 11.0. The summed E-state index contributed by atoms with van der Waals surface area (Å²) in [7, 11) is 1.54. The number of rotatable bonds is 8. The van der Waals surface area contributed by atoms with E-state index in [0.717, 1.165) is 55.8 Å². The number of ether oxygens (including phenoxy) is 1. The lowest BCUT2D eigenvalue weighted by Crippen LogP contribution is -2.61. The molecule has 0 radical (unpaired) electrons. The third-order valence-electron chi connectivity index (χ3n) is 5.32. The van der Waals surface area contributed by atoms with Crippen molar-refractivity contribution < 1.29 is 14.7 Å². The molecule has 136 valence electrons. The first-order valence-electron chi connectivity index (χ1n) is 9.00. The summed E-state index contributed by atoms with van der Waals surface area (Å²) in [5, 5.41) is 14.8. The first-order valence-corrected chi connectivity index (χ1v) is 9.00. The van der Waals surface area contributed by atoms with Crippen LogP contribution in [0.25, 0.3) is 0 Å². The molecular formula is C20H28N2O3. The topological polar surface area (TPSA) is 54.3 Å². The van der Waals surface area contributed by atoms with Crippen LogP contribution in [-0.2, 0) is 17.7 Å². The van der Waals surface area contributed by atoms with Crippen molar-refractivity contribution in [3.63, 3.8) is 0 Å². The van der Waals surface area contributed by atoms with E-state index in [9.17, 15) is 5.11 Å². The van der Waals surface area contributed by atoms with Crippen LogP contribution in [0, 0.1) is 5.92 Å². The molecule has 1 unspecified atom stereocenters. The molecule has 3 fully saturated rings. The standard InChI is InChI=1S/C20H28N2O3/c1-3-4-17-13-16(7-10-21-24-2)5-6-19(17)25-15-20(23)14-22-11-8-18(20)9-12-22/h3,5-6,10,13,18,23H,1,4,7-9,11-12,14-15H2,2H3. The summed E-state index contributed by atoms with van der Waals surface area (Å²) in [4.78, 5) is 7.04. The van der Waals surface area contributed by atoms with Gasteiger partial charge in [0.15, 0.2) is 0 Å². The minimum atomic E-state index is -0.730. The first kappa shape index (κ1) is 18.0. The molecule has 0 saturated carbocycles. The van der Waals surface area contributed by atoms with Crippen molar-refractivity contribution in [2.75, 3.05) is 33.4 Å². The highest BCUT2D eigenvalue weighted by Crippen LogP contribution is 2.36. The fourth-order valence-corrected chi connectivity index (χ4v) is 3.94. The lowest BCUT2D eigenvalue weighted by molar-refractivity contribution is -0.131. The van der Waals surface area contributed by atoms with Crippen LogP contribution in [-0.4, -0.2) is 55.2 Å². The number of oxime groups is 1. The summed E-state index contributed by atoms with van der Waals surface area (Å²) in [5.74, 6) is 1.18. The molecule has 5 nitrogen and oxygen atoms in total. The number of hydrogen-bond donors (Lipinski definition) is 1. The number of fused-ring (bicyclic) bond motifs is 3. The number of allylic oxidation sites excluding steroid dienone is 1. The molecule has 0 spiro atoms. The molecule has 0 amide bonds. The largest absolute Gasteiger partial charge is 0.490 e. The van der Waals surface area contributed by atoms with Gasteiger partial charge in [-0.3, -0.25) is 0 Å². The van der Waals surface area contributed by atoms with E-state index in [0.29, 0.717) is 18.9 Å². The molecular weight excluding hydrogens is 316 g/mol. The monoisotopic (exact) mass is 344 g/mol. The van der Waals surface area contributed by atoms with E-state index >= 15 is 0 Å². The summed E-state index contributed by atoms with van der Waals surface area (Å²) < 4.78 is 6.08. The molecule has 1 aromatic carbocycles. The Hall–Kier alpha value is -1.85. The Labute approximate surface area is 149 Å². The van der Waals surface area contributed by atoms with E-state index < -0.39 is 5.60 Å². The SMILES string of the molecule is C=CCc1cc(CC=NOC)ccc1OCC1(O)CN2CCC1CC2. The number of nitrogens with zero attached hydrogens (tertiary/aromatic N) is 2. The van der Waals surface area contributed by atoms with Gasteiger partial charge >= 0.3 is 0 Å². The van der Waals surface area contributed by atoms with Crippen molar-refractivity contribution in [1.29, 1.82) is 0 Å². The van der Waals surface area contributed by atoms with Crippen molar-refractivity contribution in [3.05, 3.63) is 42.0 Å². The van der Waals surface area contributed by atoms with Gasteiger partial charge in [-0.05, 0) is 55.5 Å². The van der Waals surface area contributed by atoms with E-state index in [1.807, 2.05) is 18.2 Å². The second-order valence-corrected chi connectivity index (χ2v) is 7.05. The lowest BCUT2D eigenvalue weighted by atomic mass is 9.76. The minimum Gasteiger partial charge on any atom is -0.490 e. The van der Waals surface area contributed by atoms with Crippen molar-refractivity contribution in [2.24, 2.45) is 11.1 Å². The smallest absolute Gasteiger partial charge is 0.122 e. The highest BCUT2D eigenvalue weighted by Gasteiger charge is 2.46. The third-order valence-corrected chi connectivity index (χ3v) is 5.32. The van der Waals surface area contributed by atoms with Crippen LogP contribution in [0.2, 0.25) is 0 Å². The van der Waals surface area contributed by atoms with Crippen LogP contribution in [0.15, 0.2) is 36.0 Å². The fraction of sp³-hybridized carbons (Fsp3) is 0.550. The molecule has 3 aliphatic heterocycles. The maximum absolute atomic E-state index is 11.0. The predicted octanol–water partition coefficient (Wildman–Crippen LogP) is 2.43. The van der Waals surface area contributed by atoms with Crippen molar-refractivity contribution >= 4 is 6.21 Å². The average molecular weight is 344 g/mol. The molecule has 0 aromatic heterocycles. The van der Waals surface area contributed by atoms with E-state index in [1.54, 1.807) is 6.21 Å². The quantitative estimate of drug-likeness (QED) is 0.447. The molecule has 4 rings (SSSR count). The zero-order valence-corrected chi connectivity index (χ0v) is 15.0. The van der Waals surface area contributed by atoms with Crippen molar-refractivity contribution in [2.45, 2.75) is 31.3 Å². The van der Waals surface area contributed by atoms with Crippen LogP contribution in [0.5, 0.6) is 5.75 Å². The Kier molecular flexibility index (Phi) is 5.76. The summed E-state index contributed by atoms with van der Waals surface area (Å²) in [6, 6.07) is 6.13. The molecule has 1 aromatic rings. The van der Waals surface area contributed by atoms with Gasteiger partial charge in [0, 0.05) is 19.2 Å². The van der Waals surface area contributed by atoms with Gasteiger partial charge in [0.05, 0.1) is 0 Å². The van der Waals surface area contributed by atoms with Gasteiger partial charge in [0.25, 0.3) is 0 Å². The van der Waals surface area contributed by atoms with Gasteiger partial charge in [-0.1, -0.05) is 23.4 Å². The highest BCUT2D eigenvalue weighted by atomic mass is 16.6. The number of benzene rings is 1. The van der Waals surface area contributed by atoms with Crippen LogP contribution in [0.1, 0.15) is 24.0 Å². The van der Waals surface area contributed by atoms with Crippen molar-refractivity contribution in [1.82, 2.24) is 4.90 Å². The normalized spacial score (nSPS) is 28.2. The predicted molar refractivity (Wildman–Crippen MR) is 99.2 cm³/mol. The van der Waals surface area contributed by atoms with Gasteiger partial charge in [0.2, 0.25) is 0 Å². The van der Waals surface area contributed by atoms with Crippen LogP contribution in [0.4, 0.5) is 0 Å². The molecule has 3 aliphatic rings. The first-order chi connectivity index (χ1) is 12.1. The minimum absolute atomic E-state index is 0.350. The molecule has 5 heteroatoms. The van der Waals surface area contributed by atoms with Gasteiger partial charge in [-0.2, -0.15) is 0 Å². The van der Waals surface area contributed by atoms with Crippen LogP contribution in [0.3, 0.4) is 0 Å². The molecule has 1 N–H and O–H groups in total. The number of hydrogen-bond acceptors (Lipinski definition) is 5. The fourth-order valence-electron chi connectivity index (χ4n) is 3.94. The summed E-state index contributed by atoms with van der Waals surface area (Å²) in [6.07, 6.45) is 7.19. The summed E-state index contributed by atoms with van der Waals surface area (Å²) >= 11 is 0. The average Bonchev–Trinajstić information content (AvgIpc) is 2.62. The molecule has 1 atom stereocenters. The van der Waals surface area contributed by atoms with E-state index in [1.165, 1.54) is 7.11 Å².